The molecule has 1 heterocycles. The molecule has 0 aromatic heterocycles. The van der Waals surface area contributed by atoms with Crippen molar-refractivity contribution in [3.8, 4) is 0 Å². The van der Waals surface area contributed by atoms with E-state index in [0.717, 1.165) is 0 Å². The van der Waals surface area contributed by atoms with Crippen LogP contribution in [0.15, 0.2) is 23.6 Å². The van der Waals surface area contributed by atoms with Crippen LogP contribution in [0.5, 0.6) is 0 Å². The second-order valence-corrected chi connectivity index (χ2v) is 3.19. The van der Waals surface area contributed by atoms with Crippen LogP contribution in [0.2, 0.25) is 0 Å². The Labute approximate surface area is 53.1 Å². The molecule has 44 valence electrons. The lowest BCUT2D eigenvalue weighted by Crippen LogP contribution is -2.14. The molecule has 1 nitrogen and oxygen atoms in total. The highest BCUT2D eigenvalue weighted by molar-refractivity contribution is 8.03. The van der Waals surface area contributed by atoms with Crippen LogP contribution in [0, 0.1) is 0 Å². The van der Waals surface area contributed by atoms with Gasteiger partial charge in [0, 0.05) is 0 Å². The van der Waals surface area contributed by atoms with E-state index in [9.17, 15) is 5.11 Å². The fourth-order valence-corrected chi connectivity index (χ4v) is 1.10. The Kier molecular flexibility index (Phi) is 1.45. The lowest BCUT2D eigenvalue weighted by molar-refractivity contribution is 0.209. The summed E-state index contributed by atoms with van der Waals surface area (Å²) in [5.41, 5.74) is 0. The van der Waals surface area contributed by atoms with Crippen LogP contribution in [0.3, 0.4) is 0 Å². The van der Waals surface area contributed by atoms with Crippen molar-refractivity contribution in [1.29, 1.82) is 0 Å². The summed E-state index contributed by atoms with van der Waals surface area (Å²) in [7, 11) is 0. The number of thioether (sulfide) groups is 1. The zero-order valence-corrected chi connectivity index (χ0v) is 5.48. The van der Waals surface area contributed by atoms with Crippen molar-refractivity contribution in [1.82, 2.24) is 0 Å². The maximum atomic E-state index is 9.20. The molecule has 0 aromatic carbocycles. The molecule has 8 heavy (non-hydrogen) atoms. The normalized spacial score (nSPS) is 35.8. The Balaban J connectivity index is 2.65. The summed E-state index contributed by atoms with van der Waals surface area (Å²) in [6.45, 7) is 1.76. The molecule has 2 heteroatoms. The molecule has 1 unspecified atom stereocenters. The van der Waals surface area contributed by atoms with Crippen LogP contribution in [-0.4, -0.2) is 10.0 Å². The zero-order valence-electron chi connectivity index (χ0n) is 4.66. The highest BCUT2D eigenvalue weighted by atomic mass is 32.2. The SMILES string of the molecule is CC1(O)C=CC=CS1. The molecule has 1 rings (SSSR count). The van der Waals surface area contributed by atoms with Gasteiger partial charge in [-0.2, -0.15) is 0 Å². The average molecular weight is 128 g/mol. The predicted molar refractivity (Wildman–Crippen MR) is 36.5 cm³/mol. The van der Waals surface area contributed by atoms with Crippen LogP contribution in [0.4, 0.5) is 0 Å². The molecule has 1 aliphatic rings. The van der Waals surface area contributed by atoms with Gasteiger partial charge in [0.2, 0.25) is 0 Å². The summed E-state index contributed by atoms with van der Waals surface area (Å²) >= 11 is 1.41. The largest absolute Gasteiger partial charge is 0.376 e. The van der Waals surface area contributed by atoms with Crippen molar-refractivity contribution in [2.45, 2.75) is 11.9 Å². The topological polar surface area (TPSA) is 20.2 Å². The second kappa shape index (κ2) is 1.96. The van der Waals surface area contributed by atoms with E-state index in [1.54, 1.807) is 13.0 Å². The minimum Gasteiger partial charge on any atom is -0.376 e. The van der Waals surface area contributed by atoms with Crippen LogP contribution in [0.25, 0.3) is 0 Å². The molecule has 0 radical (unpaired) electrons. The Morgan fingerprint density at radius 2 is 2.25 bits per heavy atom. The van der Waals surface area contributed by atoms with Crippen molar-refractivity contribution in [2.24, 2.45) is 0 Å². The van der Waals surface area contributed by atoms with Gasteiger partial charge in [-0.25, -0.2) is 0 Å². The maximum absolute atomic E-state index is 9.20. The Morgan fingerprint density at radius 1 is 1.50 bits per heavy atom. The van der Waals surface area contributed by atoms with Gasteiger partial charge in [0.1, 0.15) is 4.93 Å². The number of hydrogen-bond donors (Lipinski definition) is 1. The van der Waals surface area contributed by atoms with E-state index in [2.05, 4.69) is 0 Å². The Bertz CT molecular complexity index is 135. The van der Waals surface area contributed by atoms with Crippen molar-refractivity contribution >= 4 is 11.8 Å². The molecule has 0 saturated carbocycles. The maximum Gasteiger partial charge on any atom is 0.130 e. The van der Waals surface area contributed by atoms with E-state index in [4.69, 9.17) is 0 Å². The molecular weight excluding hydrogens is 120 g/mol. The average Bonchev–Trinajstić information content (AvgIpc) is 1.65. The van der Waals surface area contributed by atoms with Gasteiger partial charge in [0.25, 0.3) is 0 Å². The third kappa shape index (κ3) is 1.39. The van der Waals surface area contributed by atoms with Gasteiger partial charge in [-0.3, -0.25) is 0 Å². The summed E-state index contributed by atoms with van der Waals surface area (Å²) in [6.07, 6.45) is 5.51. The predicted octanol–water partition coefficient (Wildman–Crippen LogP) is 1.51. The second-order valence-electron chi connectivity index (χ2n) is 1.86. The van der Waals surface area contributed by atoms with Crippen LogP contribution >= 0.6 is 11.8 Å². The van der Waals surface area contributed by atoms with Crippen LogP contribution in [-0.2, 0) is 0 Å². The van der Waals surface area contributed by atoms with Crippen molar-refractivity contribution < 1.29 is 5.11 Å². The van der Waals surface area contributed by atoms with Crippen LogP contribution < -0.4 is 0 Å². The molecular formula is C6H8OS. The number of aliphatic hydroxyl groups is 1. The van der Waals surface area contributed by atoms with E-state index in [1.165, 1.54) is 11.8 Å². The summed E-state index contributed by atoms with van der Waals surface area (Å²) in [5.74, 6) is 0. The first-order valence-electron chi connectivity index (χ1n) is 2.45. The summed E-state index contributed by atoms with van der Waals surface area (Å²) in [6, 6.07) is 0. The Hall–Kier alpha value is -0.210. The lowest BCUT2D eigenvalue weighted by atomic mass is 10.3. The van der Waals surface area contributed by atoms with Gasteiger partial charge in [0.05, 0.1) is 0 Å². The summed E-state index contributed by atoms with van der Waals surface area (Å²) < 4.78 is 0. The zero-order chi connectivity index (χ0) is 6.04. The van der Waals surface area contributed by atoms with E-state index in [1.807, 2.05) is 17.6 Å². The molecule has 0 spiro atoms. The molecule has 0 fully saturated rings. The standard InChI is InChI=1S/C6H8OS/c1-6(7)4-2-3-5-8-6/h2-5,7H,1H3. The fraction of sp³-hybridized carbons (Fsp3) is 0.333. The van der Waals surface area contributed by atoms with Crippen molar-refractivity contribution in [3.63, 3.8) is 0 Å². The molecule has 1 N–H and O–H groups in total. The summed E-state index contributed by atoms with van der Waals surface area (Å²) in [4.78, 5) is -0.672. The van der Waals surface area contributed by atoms with E-state index in [0.29, 0.717) is 0 Å². The quantitative estimate of drug-likeness (QED) is 0.533. The van der Waals surface area contributed by atoms with Gasteiger partial charge in [-0.05, 0) is 18.4 Å². The highest BCUT2D eigenvalue weighted by Gasteiger charge is 2.15. The molecule has 1 atom stereocenters. The van der Waals surface area contributed by atoms with Crippen LogP contribution in [0.1, 0.15) is 6.92 Å². The van der Waals surface area contributed by atoms with Crippen molar-refractivity contribution in [2.75, 3.05) is 0 Å². The first kappa shape index (κ1) is 5.92. The Morgan fingerprint density at radius 3 is 2.50 bits per heavy atom. The number of allylic oxidation sites excluding steroid dienone is 2. The number of rotatable bonds is 0. The van der Waals surface area contributed by atoms with E-state index >= 15 is 0 Å². The van der Waals surface area contributed by atoms with E-state index in [-0.39, 0.29) is 0 Å². The minimum atomic E-state index is -0.672. The molecule has 0 bridgehead atoms. The molecule has 0 saturated heterocycles. The van der Waals surface area contributed by atoms with E-state index < -0.39 is 4.93 Å². The molecule has 1 aliphatic heterocycles. The van der Waals surface area contributed by atoms with Gasteiger partial charge in [0.15, 0.2) is 0 Å². The lowest BCUT2D eigenvalue weighted by Gasteiger charge is -2.16. The summed E-state index contributed by atoms with van der Waals surface area (Å²) in [5, 5.41) is 11.1. The molecule has 0 amide bonds. The third-order valence-electron chi connectivity index (χ3n) is 0.902. The third-order valence-corrected chi connectivity index (χ3v) is 1.81. The molecule has 0 aliphatic carbocycles. The van der Waals surface area contributed by atoms with Gasteiger partial charge in [-0.1, -0.05) is 23.9 Å². The smallest absolute Gasteiger partial charge is 0.130 e. The minimum absolute atomic E-state index is 0.672. The highest BCUT2D eigenvalue weighted by Crippen LogP contribution is 2.26. The number of hydrogen-bond acceptors (Lipinski definition) is 2. The van der Waals surface area contributed by atoms with Gasteiger partial charge < -0.3 is 5.11 Å². The monoisotopic (exact) mass is 128 g/mol. The first-order chi connectivity index (χ1) is 3.71. The van der Waals surface area contributed by atoms with Crippen molar-refractivity contribution in [3.05, 3.63) is 23.6 Å². The fourth-order valence-electron chi connectivity index (χ4n) is 0.496. The molecule has 0 aromatic rings. The van der Waals surface area contributed by atoms with Gasteiger partial charge in [-0.15, -0.1) is 0 Å². The first-order valence-corrected chi connectivity index (χ1v) is 3.33. The van der Waals surface area contributed by atoms with Gasteiger partial charge >= 0.3 is 0 Å².